The minimum atomic E-state index is 0.455. The first-order chi connectivity index (χ1) is 6.16. The highest BCUT2D eigenvalue weighted by Crippen LogP contribution is 1.77. The lowest BCUT2D eigenvalue weighted by molar-refractivity contribution is 0.122. The predicted octanol–water partition coefficient (Wildman–Crippen LogP) is -0.901. The number of nitrogens with one attached hydrogen (secondary N) is 1. The van der Waals surface area contributed by atoms with Crippen molar-refractivity contribution >= 4 is 5.96 Å². The molecule has 0 radical (unpaired) electrons. The number of ether oxygens (including phenoxy) is 1. The highest BCUT2D eigenvalue weighted by Gasteiger charge is 1.91. The molecule has 0 aromatic carbocycles. The highest BCUT2D eigenvalue weighted by molar-refractivity contribution is 5.77. The highest BCUT2D eigenvalue weighted by atomic mass is 16.5. The van der Waals surface area contributed by atoms with Crippen LogP contribution < -0.4 is 11.1 Å². The van der Waals surface area contributed by atoms with Gasteiger partial charge in [0, 0.05) is 20.1 Å². The topological polar surface area (TPSA) is 62.9 Å². The Bertz CT molecular complexity index is 147. The van der Waals surface area contributed by atoms with Crippen molar-refractivity contribution < 1.29 is 4.74 Å². The Kier molecular flexibility index (Phi) is 7.33. The van der Waals surface area contributed by atoms with Crippen LogP contribution in [0, 0.1) is 0 Å². The standard InChI is InChI=1S/C8H20N4O/c1-10-8(9)11-4-6-13-7-5-12(2)3/h4-7H2,1-3H3,(H3,9,10,11). The number of hydrogen-bond donors (Lipinski definition) is 2. The summed E-state index contributed by atoms with van der Waals surface area (Å²) in [6.45, 7) is 3.05. The van der Waals surface area contributed by atoms with Crippen molar-refractivity contribution in [2.24, 2.45) is 10.7 Å². The number of aliphatic imine (C=N–C) groups is 1. The first kappa shape index (κ1) is 12.2. The lowest BCUT2D eigenvalue weighted by Crippen LogP contribution is -2.34. The van der Waals surface area contributed by atoms with Crippen LogP contribution in [0.3, 0.4) is 0 Å². The van der Waals surface area contributed by atoms with Gasteiger partial charge >= 0.3 is 0 Å². The molecule has 0 aliphatic heterocycles. The van der Waals surface area contributed by atoms with Crippen LogP contribution in [0.5, 0.6) is 0 Å². The monoisotopic (exact) mass is 188 g/mol. The molecular weight excluding hydrogens is 168 g/mol. The van der Waals surface area contributed by atoms with Gasteiger partial charge in [-0.15, -0.1) is 0 Å². The van der Waals surface area contributed by atoms with E-state index >= 15 is 0 Å². The average Bonchev–Trinajstić information content (AvgIpc) is 2.10. The Morgan fingerprint density at radius 2 is 2.15 bits per heavy atom. The third-order valence-electron chi connectivity index (χ3n) is 1.48. The molecule has 0 aromatic heterocycles. The van der Waals surface area contributed by atoms with Crippen LogP contribution >= 0.6 is 0 Å². The fourth-order valence-corrected chi connectivity index (χ4v) is 0.680. The summed E-state index contributed by atoms with van der Waals surface area (Å²) >= 11 is 0. The van der Waals surface area contributed by atoms with Crippen LogP contribution in [0.25, 0.3) is 0 Å². The Labute approximate surface area is 80.0 Å². The van der Waals surface area contributed by atoms with E-state index < -0.39 is 0 Å². The number of hydrogen-bond acceptors (Lipinski definition) is 3. The van der Waals surface area contributed by atoms with Gasteiger partial charge in [-0.3, -0.25) is 4.99 Å². The third-order valence-corrected chi connectivity index (χ3v) is 1.48. The van der Waals surface area contributed by atoms with Crippen molar-refractivity contribution in [3.63, 3.8) is 0 Å². The van der Waals surface area contributed by atoms with Gasteiger partial charge in [-0.1, -0.05) is 0 Å². The normalized spacial score (nSPS) is 12.2. The van der Waals surface area contributed by atoms with Gasteiger partial charge in [-0.25, -0.2) is 0 Å². The smallest absolute Gasteiger partial charge is 0.188 e. The van der Waals surface area contributed by atoms with E-state index in [1.165, 1.54) is 0 Å². The molecule has 78 valence electrons. The van der Waals surface area contributed by atoms with Crippen LogP contribution in [-0.4, -0.2) is 58.3 Å². The summed E-state index contributed by atoms with van der Waals surface area (Å²) in [6, 6.07) is 0. The van der Waals surface area contributed by atoms with Gasteiger partial charge in [-0.05, 0) is 14.1 Å². The summed E-state index contributed by atoms with van der Waals surface area (Å²) in [5.74, 6) is 0.455. The van der Waals surface area contributed by atoms with Gasteiger partial charge in [0.25, 0.3) is 0 Å². The lowest BCUT2D eigenvalue weighted by atomic mass is 10.6. The summed E-state index contributed by atoms with van der Waals surface area (Å²) in [4.78, 5) is 5.83. The number of nitrogens with two attached hydrogens (primary N) is 1. The van der Waals surface area contributed by atoms with Crippen LogP contribution in [0.15, 0.2) is 4.99 Å². The van der Waals surface area contributed by atoms with E-state index in [9.17, 15) is 0 Å². The van der Waals surface area contributed by atoms with Crippen molar-refractivity contribution in [2.75, 3.05) is 47.4 Å². The van der Waals surface area contributed by atoms with Gasteiger partial charge < -0.3 is 20.7 Å². The number of guanidine groups is 1. The summed E-state index contributed by atoms with van der Waals surface area (Å²) in [5.41, 5.74) is 5.41. The van der Waals surface area contributed by atoms with E-state index in [1.54, 1.807) is 7.05 Å². The lowest BCUT2D eigenvalue weighted by Gasteiger charge is -2.10. The first-order valence-electron chi connectivity index (χ1n) is 4.35. The Morgan fingerprint density at radius 1 is 1.46 bits per heavy atom. The minimum absolute atomic E-state index is 0.455. The molecule has 0 saturated heterocycles. The van der Waals surface area contributed by atoms with Gasteiger partial charge in [0.2, 0.25) is 0 Å². The zero-order chi connectivity index (χ0) is 10.1. The molecule has 5 heteroatoms. The first-order valence-corrected chi connectivity index (χ1v) is 4.35. The van der Waals surface area contributed by atoms with E-state index in [4.69, 9.17) is 10.5 Å². The van der Waals surface area contributed by atoms with Crippen molar-refractivity contribution in [3.05, 3.63) is 0 Å². The van der Waals surface area contributed by atoms with Gasteiger partial charge in [0.15, 0.2) is 5.96 Å². The Balaban J connectivity index is 3.09. The van der Waals surface area contributed by atoms with E-state index in [0.717, 1.165) is 13.2 Å². The second-order valence-electron chi connectivity index (χ2n) is 2.95. The van der Waals surface area contributed by atoms with E-state index in [2.05, 4.69) is 15.2 Å². The Hall–Kier alpha value is -0.810. The number of rotatable bonds is 6. The molecule has 0 aromatic rings. The molecule has 0 saturated carbocycles. The Morgan fingerprint density at radius 3 is 2.69 bits per heavy atom. The molecular formula is C8H20N4O. The van der Waals surface area contributed by atoms with Crippen LogP contribution in [0.1, 0.15) is 0 Å². The van der Waals surface area contributed by atoms with E-state index in [0.29, 0.717) is 19.1 Å². The summed E-state index contributed by atoms with van der Waals surface area (Å²) in [5, 5.41) is 2.91. The van der Waals surface area contributed by atoms with Crippen molar-refractivity contribution in [1.82, 2.24) is 10.2 Å². The summed E-state index contributed by atoms with van der Waals surface area (Å²) in [6.07, 6.45) is 0. The molecule has 0 spiro atoms. The molecule has 0 unspecified atom stereocenters. The van der Waals surface area contributed by atoms with Crippen molar-refractivity contribution in [1.29, 1.82) is 0 Å². The molecule has 13 heavy (non-hydrogen) atoms. The average molecular weight is 188 g/mol. The molecule has 0 heterocycles. The predicted molar refractivity (Wildman–Crippen MR) is 54.9 cm³/mol. The van der Waals surface area contributed by atoms with Crippen LogP contribution in [0.4, 0.5) is 0 Å². The molecule has 0 amide bonds. The molecule has 0 bridgehead atoms. The SMILES string of the molecule is CN=C(N)NCCOCCN(C)C. The summed E-state index contributed by atoms with van der Waals surface area (Å²) in [7, 11) is 5.68. The zero-order valence-electron chi connectivity index (χ0n) is 8.71. The van der Waals surface area contributed by atoms with Gasteiger partial charge in [0.1, 0.15) is 0 Å². The van der Waals surface area contributed by atoms with E-state index in [-0.39, 0.29) is 0 Å². The second kappa shape index (κ2) is 7.82. The fraction of sp³-hybridized carbons (Fsp3) is 0.875. The fourth-order valence-electron chi connectivity index (χ4n) is 0.680. The molecule has 0 aliphatic rings. The molecule has 5 nitrogen and oxygen atoms in total. The molecule has 0 rings (SSSR count). The molecule has 0 atom stereocenters. The largest absolute Gasteiger partial charge is 0.378 e. The zero-order valence-corrected chi connectivity index (χ0v) is 8.71. The number of nitrogens with zero attached hydrogens (tertiary/aromatic N) is 2. The minimum Gasteiger partial charge on any atom is -0.378 e. The van der Waals surface area contributed by atoms with Crippen molar-refractivity contribution in [3.8, 4) is 0 Å². The summed E-state index contributed by atoms with van der Waals surface area (Å²) < 4.78 is 5.32. The maximum atomic E-state index is 5.41. The van der Waals surface area contributed by atoms with Crippen molar-refractivity contribution in [2.45, 2.75) is 0 Å². The van der Waals surface area contributed by atoms with Gasteiger partial charge in [0.05, 0.1) is 13.2 Å². The molecule has 0 fully saturated rings. The van der Waals surface area contributed by atoms with Gasteiger partial charge in [-0.2, -0.15) is 0 Å². The third kappa shape index (κ3) is 9.10. The van der Waals surface area contributed by atoms with E-state index in [1.807, 2.05) is 14.1 Å². The molecule has 0 aliphatic carbocycles. The second-order valence-corrected chi connectivity index (χ2v) is 2.95. The molecule has 3 N–H and O–H groups in total. The maximum absolute atomic E-state index is 5.41. The quantitative estimate of drug-likeness (QED) is 0.322. The van der Waals surface area contributed by atoms with Crippen LogP contribution in [0.2, 0.25) is 0 Å². The number of likely N-dealkylation sites (N-methyl/N-ethyl adjacent to an activating group) is 1. The van der Waals surface area contributed by atoms with Crippen LogP contribution in [-0.2, 0) is 4.74 Å². The maximum Gasteiger partial charge on any atom is 0.188 e.